The predicted molar refractivity (Wildman–Crippen MR) is 89.0 cm³/mol. The Morgan fingerprint density at radius 2 is 2.09 bits per heavy atom. The molecule has 0 spiro atoms. The highest BCUT2D eigenvalue weighted by atomic mass is 32.1. The summed E-state index contributed by atoms with van der Waals surface area (Å²) >= 11 is 1.40. The summed E-state index contributed by atoms with van der Waals surface area (Å²) in [5.41, 5.74) is 2.91. The highest BCUT2D eigenvalue weighted by Gasteiger charge is 2.13. The lowest BCUT2D eigenvalue weighted by Crippen LogP contribution is -2.24. The second-order valence-corrected chi connectivity index (χ2v) is 6.95. The summed E-state index contributed by atoms with van der Waals surface area (Å²) in [6, 6.07) is 8.06. The minimum Gasteiger partial charge on any atom is -0.312 e. The quantitative estimate of drug-likeness (QED) is 0.584. The lowest BCUT2D eigenvalue weighted by molar-refractivity contribution is 0.0711. The van der Waals surface area contributed by atoms with Crippen LogP contribution in [0, 0.1) is 12.3 Å². The van der Waals surface area contributed by atoms with E-state index >= 15 is 0 Å². The molecule has 117 valence electrons. The van der Waals surface area contributed by atoms with Gasteiger partial charge in [-0.05, 0) is 67.6 Å². The Morgan fingerprint density at radius 3 is 2.86 bits per heavy atom. The number of hydrogen-bond acceptors (Lipinski definition) is 4. The number of thiophene rings is 1. The molecular formula is C17H21N2O2S. The average molecular weight is 317 g/mol. The summed E-state index contributed by atoms with van der Waals surface area (Å²) in [5, 5.41) is 13.3. The maximum atomic E-state index is 11.4. The van der Waals surface area contributed by atoms with Crippen molar-refractivity contribution in [1.82, 2.24) is 10.8 Å². The van der Waals surface area contributed by atoms with Crippen LogP contribution in [0.25, 0.3) is 10.1 Å². The molecule has 0 atom stereocenters. The monoisotopic (exact) mass is 317 g/mol. The standard InChI is InChI=1S/C17H21N2O2S/c20-17(19-21)16-9-14-7-6-13(8-15(14)22-16)11-18-10-12-4-2-1-3-5-12/h1,6-9,12,18,21H,2-5,10-11H2,(H,19,20). The fourth-order valence-corrected chi connectivity index (χ4v) is 3.99. The van der Waals surface area contributed by atoms with Gasteiger partial charge in [-0.15, -0.1) is 11.3 Å². The first kappa shape index (κ1) is 15.5. The Kier molecular flexibility index (Phi) is 5.08. The zero-order valence-corrected chi connectivity index (χ0v) is 13.3. The Labute approximate surface area is 134 Å². The van der Waals surface area contributed by atoms with E-state index < -0.39 is 5.91 Å². The van der Waals surface area contributed by atoms with Crippen LogP contribution in [0.3, 0.4) is 0 Å². The number of rotatable bonds is 5. The van der Waals surface area contributed by atoms with Gasteiger partial charge in [0.05, 0.1) is 4.88 Å². The average Bonchev–Trinajstić information content (AvgIpc) is 2.98. The first-order chi connectivity index (χ1) is 10.8. The highest BCUT2D eigenvalue weighted by Crippen LogP contribution is 2.27. The number of hydrogen-bond donors (Lipinski definition) is 3. The molecule has 2 aromatic rings. The van der Waals surface area contributed by atoms with E-state index in [-0.39, 0.29) is 0 Å². The smallest absolute Gasteiger partial charge is 0.284 e. The fourth-order valence-electron chi connectivity index (χ4n) is 2.97. The van der Waals surface area contributed by atoms with Crippen molar-refractivity contribution in [3.05, 3.63) is 41.1 Å². The third-order valence-electron chi connectivity index (χ3n) is 4.23. The van der Waals surface area contributed by atoms with Crippen molar-refractivity contribution in [3.63, 3.8) is 0 Å². The van der Waals surface area contributed by atoms with E-state index in [0.29, 0.717) is 4.88 Å². The number of carbonyl (C=O) groups excluding carboxylic acids is 1. The van der Waals surface area contributed by atoms with Crippen molar-refractivity contribution < 1.29 is 10.0 Å². The largest absolute Gasteiger partial charge is 0.312 e. The molecule has 0 bridgehead atoms. The second-order valence-electron chi connectivity index (χ2n) is 5.86. The maximum Gasteiger partial charge on any atom is 0.284 e. The zero-order chi connectivity index (χ0) is 15.4. The Balaban J connectivity index is 1.60. The molecule has 5 heteroatoms. The van der Waals surface area contributed by atoms with Crippen LogP contribution in [0.1, 0.15) is 40.9 Å². The minimum atomic E-state index is -0.449. The number of amides is 1. The van der Waals surface area contributed by atoms with E-state index in [9.17, 15) is 4.79 Å². The summed E-state index contributed by atoms with van der Waals surface area (Å²) in [7, 11) is 0. The van der Waals surface area contributed by atoms with Gasteiger partial charge in [0, 0.05) is 11.2 Å². The van der Waals surface area contributed by atoms with Crippen molar-refractivity contribution in [2.75, 3.05) is 6.54 Å². The Bertz CT molecular complexity index is 647. The molecule has 1 amide bonds. The van der Waals surface area contributed by atoms with Gasteiger partial charge >= 0.3 is 0 Å². The Morgan fingerprint density at radius 1 is 1.27 bits per heavy atom. The first-order valence-electron chi connectivity index (χ1n) is 7.75. The molecule has 1 aromatic heterocycles. The van der Waals surface area contributed by atoms with Crippen LogP contribution >= 0.6 is 11.3 Å². The van der Waals surface area contributed by atoms with Crippen LogP contribution in [-0.2, 0) is 6.54 Å². The van der Waals surface area contributed by atoms with Gasteiger partial charge in [0.1, 0.15) is 0 Å². The molecule has 0 aliphatic heterocycles. The van der Waals surface area contributed by atoms with E-state index in [0.717, 1.165) is 29.1 Å². The topological polar surface area (TPSA) is 61.4 Å². The molecule has 1 aliphatic carbocycles. The van der Waals surface area contributed by atoms with Crippen molar-refractivity contribution in [3.8, 4) is 0 Å². The molecule has 3 rings (SSSR count). The van der Waals surface area contributed by atoms with Crippen LogP contribution in [-0.4, -0.2) is 17.7 Å². The van der Waals surface area contributed by atoms with Gasteiger partial charge in [-0.1, -0.05) is 12.1 Å². The fraction of sp³-hybridized carbons (Fsp3) is 0.412. The van der Waals surface area contributed by atoms with E-state index in [1.807, 2.05) is 6.07 Å². The van der Waals surface area contributed by atoms with Gasteiger partial charge in [-0.3, -0.25) is 10.0 Å². The van der Waals surface area contributed by atoms with Crippen molar-refractivity contribution in [2.24, 2.45) is 5.92 Å². The van der Waals surface area contributed by atoms with Crippen LogP contribution in [0.4, 0.5) is 0 Å². The van der Waals surface area contributed by atoms with Gasteiger partial charge < -0.3 is 5.32 Å². The molecule has 1 radical (unpaired) electrons. The van der Waals surface area contributed by atoms with Crippen LogP contribution < -0.4 is 10.8 Å². The molecule has 1 aliphatic rings. The number of nitrogens with one attached hydrogen (secondary N) is 2. The molecule has 22 heavy (non-hydrogen) atoms. The van der Waals surface area contributed by atoms with E-state index in [2.05, 4.69) is 23.9 Å². The lowest BCUT2D eigenvalue weighted by Gasteiger charge is -2.21. The molecule has 1 fully saturated rings. The van der Waals surface area contributed by atoms with Gasteiger partial charge in [-0.2, -0.15) is 0 Å². The summed E-state index contributed by atoms with van der Waals surface area (Å²) < 4.78 is 1.07. The maximum absolute atomic E-state index is 11.4. The molecule has 1 saturated carbocycles. The van der Waals surface area contributed by atoms with Gasteiger partial charge in [0.15, 0.2) is 0 Å². The SMILES string of the molecule is O=C(NO)c1cc2ccc(CNCC3CC[CH]CC3)cc2s1. The van der Waals surface area contributed by atoms with Crippen molar-refractivity contribution >= 4 is 27.3 Å². The molecule has 4 nitrogen and oxygen atoms in total. The molecule has 1 heterocycles. The van der Waals surface area contributed by atoms with Crippen LogP contribution in [0.15, 0.2) is 24.3 Å². The predicted octanol–water partition coefficient (Wildman–Crippen LogP) is 3.50. The highest BCUT2D eigenvalue weighted by molar-refractivity contribution is 7.20. The Hall–Kier alpha value is -1.43. The number of hydroxylamine groups is 1. The second kappa shape index (κ2) is 7.22. The molecule has 1 aromatic carbocycles. The molecule has 3 N–H and O–H groups in total. The normalized spacial score (nSPS) is 16.0. The first-order valence-corrected chi connectivity index (χ1v) is 8.57. The summed E-state index contributed by atoms with van der Waals surface area (Å²) in [5.74, 6) is 0.352. The third-order valence-corrected chi connectivity index (χ3v) is 5.33. The minimum absolute atomic E-state index is 0.449. The van der Waals surface area contributed by atoms with E-state index in [1.165, 1.54) is 42.6 Å². The summed E-state index contributed by atoms with van der Waals surface area (Å²) in [6.07, 6.45) is 7.50. The van der Waals surface area contributed by atoms with Crippen LogP contribution in [0.5, 0.6) is 0 Å². The van der Waals surface area contributed by atoms with E-state index in [1.54, 1.807) is 11.5 Å². The van der Waals surface area contributed by atoms with Gasteiger partial charge in [0.25, 0.3) is 5.91 Å². The summed E-state index contributed by atoms with van der Waals surface area (Å²) in [4.78, 5) is 12.0. The van der Waals surface area contributed by atoms with Gasteiger partial charge in [-0.25, -0.2) is 5.48 Å². The summed E-state index contributed by atoms with van der Waals surface area (Å²) in [6.45, 7) is 1.93. The van der Waals surface area contributed by atoms with Crippen molar-refractivity contribution in [1.29, 1.82) is 0 Å². The van der Waals surface area contributed by atoms with Gasteiger partial charge in [0.2, 0.25) is 0 Å². The zero-order valence-electron chi connectivity index (χ0n) is 12.5. The number of fused-ring (bicyclic) bond motifs is 1. The number of carbonyl (C=O) groups is 1. The molecule has 0 unspecified atom stereocenters. The van der Waals surface area contributed by atoms with Crippen LogP contribution in [0.2, 0.25) is 0 Å². The van der Waals surface area contributed by atoms with E-state index in [4.69, 9.17) is 5.21 Å². The molecular weight excluding hydrogens is 296 g/mol. The molecule has 0 saturated heterocycles. The number of benzene rings is 1. The van der Waals surface area contributed by atoms with Crippen molar-refractivity contribution in [2.45, 2.75) is 32.2 Å². The third kappa shape index (κ3) is 3.66. The lowest BCUT2D eigenvalue weighted by atomic mass is 9.89.